The Hall–Kier alpha value is -2.79. The van der Waals surface area contributed by atoms with Crippen molar-refractivity contribution in [2.24, 2.45) is 0 Å². The molecule has 29 heavy (non-hydrogen) atoms. The molecule has 1 aromatic carbocycles. The molecule has 5 nitrogen and oxygen atoms in total. The van der Waals surface area contributed by atoms with Crippen molar-refractivity contribution >= 4 is 34.2 Å². The second kappa shape index (κ2) is 8.70. The Kier molecular flexibility index (Phi) is 5.86. The number of halogens is 1. The third-order valence-electron chi connectivity index (χ3n) is 5.51. The number of benzene rings is 1. The van der Waals surface area contributed by atoms with Gasteiger partial charge in [-0.2, -0.15) is 0 Å². The van der Waals surface area contributed by atoms with E-state index in [9.17, 15) is 9.59 Å². The number of carbonyl (C=O) groups is 2. The molecule has 3 heterocycles. The number of likely N-dealkylation sites (tertiary alicyclic amines) is 1. The summed E-state index contributed by atoms with van der Waals surface area (Å²) in [6.07, 6.45) is 6.06. The normalized spacial score (nSPS) is 17.1. The molecule has 2 aromatic heterocycles. The fourth-order valence-electron chi connectivity index (χ4n) is 4.01. The number of aromatic nitrogens is 2. The van der Waals surface area contributed by atoms with Crippen LogP contribution in [0.1, 0.15) is 36.4 Å². The maximum atomic E-state index is 12.7. The zero-order chi connectivity index (χ0) is 20.2. The van der Waals surface area contributed by atoms with Gasteiger partial charge in [-0.25, -0.2) is 0 Å². The SMILES string of the molecule is O=C(Cc1ccc(Cl)cn1)C(=O)N1CCCC(c2ccnc3ccccc23)CC1. The number of pyridine rings is 2. The first-order chi connectivity index (χ1) is 14.1. The Balaban J connectivity index is 1.43. The van der Waals surface area contributed by atoms with E-state index in [-0.39, 0.29) is 6.42 Å². The molecule has 1 unspecified atom stereocenters. The van der Waals surface area contributed by atoms with Gasteiger partial charge < -0.3 is 4.90 Å². The predicted octanol–water partition coefficient (Wildman–Crippen LogP) is 4.19. The highest BCUT2D eigenvalue weighted by Gasteiger charge is 2.26. The van der Waals surface area contributed by atoms with Crippen molar-refractivity contribution in [1.82, 2.24) is 14.9 Å². The summed E-state index contributed by atoms with van der Waals surface area (Å²) < 4.78 is 0. The second-order valence-corrected chi connectivity index (χ2v) is 7.84. The lowest BCUT2D eigenvalue weighted by atomic mass is 9.90. The smallest absolute Gasteiger partial charge is 0.290 e. The van der Waals surface area contributed by atoms with Crippen LogP contribution in [0.2, 0.25) is 5.02 Å². The molecule has 6 heteroatoms. The minimum Gasteiger partial charge on any atom is -0.336 e. The minimum atomic E-state index is -0.423. The molecule has 3 aromatic rings. The molecular formula is C23H22ClN3O2. The molecule has 0 aliphatic carbocycles. The van der Waals surface area contributed by atoms with Gasteiger partial charge in [0.05, 0.1) is 17.0 Å². The molecule has 0 radical (unpaired) electrons. The van der Waals surface area contributed by atoms with E-state index in [0.717, 1.165) is 24.8 Å². The Bertz CT molecular complexity index is 1030. The van der Waals surface area contributed by atoms with E-state index in [0.29, 0.717) is 29.7 Å². The first-order valence-corrected chi connectivity index (χ1v) is 10.3. The second-order valence-electron chi connectivity index (χ2n) is 7.41. The number of carbonyl (C=O) groups excluding carboxylic acids is 2. The summed E-state index contributed by atoms with van der Waals surface area (Å²) >= 11 is 5.82. The van der Waals surface area contributed by atoms with Crippen molar-refractivity contribution in [3.05, 3.63) is 71.1 Å². The molecule has 1 aliphatic rings. The van der Waals surface area contributed by atoms with Crippen molar-refractivity contribution in [2.45, 2.75) is 31.6 Å². The zero-order valence-electron chi connectivity index (χ0n) is 16.1. The molecule has 0 N–H and O–H groups in total. The Morgan fingerprint density at radius 1 is 1.03 bits per heavy atom. The number of fused-ring (bicyclic) bond motifs is 1. The summed E-state index contributed by atoms with van der Waals surface area (Å²) in [4.78, 5) is 35.4. The van der Waals surface area contributed by atoms with Crippen LogP contribution >= 0.6 is 11.6 Å². The van der Waals surface area contributed by atoms with Crippen molar-refractivity contribution in [1.29, 1.82) is 0 Å². The van der Waals surface area contributed by atoms with E-state index < -0.39 is 11.7 Å². The zero-order valence-corrected chi connectivity index (χ0v) is 16.8. The number of para-hydroxylation sites is 1. The summed E-state index contributed by atoms with van der Waals surface area (Å²) in [6, 6.07) is 13.6. The number of rotatable bonds is 4. The van der Waals surface area contributed by atoms with E-state index >= 15 is 0 Å². The number of ketones is 1. The van der Waals surface area contributed by atoms with Gasteiger partial charge in [0, 0.05) is 36.6 Å². The van der Waals surface area contributed by atoms with Gasteiger partial charge in [0.15, 0.2) is 0 Å². The highest BCUT2D eigenvalue weighted by Crippen LogP contribution is 2.32. The third-order valence-corrected chi connectivity index (χ3v) is 5.73. The largest absolute Gasteiger partial charge is 0.336 e. The lowest BCUT2D eigenvalue weighted by molar-refractivity contribution is -0.144. The average Bonchev–Trinajstić information content (AvgIpc) is 3.00. The lowest BCUT2D eigenvalue weighted by Crippen LogP contribution is -2.38. The molecular weight excluding hydrogens is 386 g/mol. The molecule has 1 aliphatic heterocycles. The lowest BCUT2D eigenvalue weighted by Gasteiger charge is -2.20. The van der Waals surface area contributed by atoms with Gasteiger partial charge in [-0.05, 0) is 55.0 Å². The van der Waals surface area contributed by atoms with Crippen LogP contribution in [0.25, 0.3) is 10.9 Å². The van der Waals surface area contributed by atoms with Gasteiger partial charge >= 0.3 is 0 Å². The maximum absolute atomic E-state index is 12.7. The fourth-order valence-corrected chi connectivity index (χ4v) is 4.12. The van der Waals surface area contributed by atoms with Gasteiger partial charge in [0.2, 0.25) is 5.78 Å². The summed E-state index contributed by atoms with van der Waals surface area (Å²) in [5, 5.41) is 1.68. The van der Waals surface area contributed by atoms with Crippen molar-refractivity contribution < 1.29 is 9.59 Å². The number of Topliss-reactive ketones (excluding diaryl/α,β-unsaturated/α-hetero) is 1. The van der Waals surface area contributed by atoms with Crippen LogP contribution < -0.4 is 0 Å². The van der Waals surface area contributed by atoms with E-state index in [1.807, 2.05) is 24.4 Å². The topological polar surface area (TPSA) is 63.2 Å². The first kappa shape index (κ1) is 19.5. The summed E-state index contributed by atoms with van der Waals surface area (Å²) in [7, 11) is 0. The van der Waals surface area contributed by atoms with Gasteiger partial charge in [-0.1, -0.05) is 29.8 Å². The average molecular weight is 408 g/mol. The van der Waals surface area contributed by atoms with Gasteiger partial charge in [0.1, 0.15) is 0 Å². The van der Waals surface area contributed by atoms with Gasteiger partial charge in [-0.3, -0.25) is 19.6 Å². The van der Waals surface area contributed by atoms with Crippen LogP contribution in [0.4, 0.5) is 0 Å². The highest BCUT2D eigenvalue weighted by atomic mass is 35.5. The summed E-state index contributed by atoms with van der Waals surface area (Å²) in [6.45, 7) is 1.19. The van der Waals surface area contributed by atoms with Crippen LogP contribution in [0, 0.1) is 0 Å². The standard InChI is InChI=1S/C23H22ClN3O2/c24-17-7-8-18(26-15-17)14-22(28)23(29)27-12-3-4-16(10-13-27)19-9-11-25-21-6-2-1-5-20(19)21/h1-2,5-9,11,15-16H,3-4,10,12-14H2. The van der Waals surface area contributed by atoms with Crippen LogP contribution in [0.3, 0.4) is 0 Å². The van der Waals surface area contributed by atoms with E-state index in [1.54, 1.807) is 17.0 Å². The summed E-state index contributed by atoms with van der Waals surface area (Å²) in [5.41, 5.74) is 2.83. The van der Waals surface area contributed by atoms with Crippen molar-refractivity contribution in [3.63, 3.8) is 0 Å². The Morgan fingerprint density at radius 3 is 2.72 bits per heavy atom. The molecule has 1 fully saturated rings. The molecule has 0 spiro atoms. The van der Waals surface area contributed by atoms with Crippen LogP contribution in [0.5, 0.6) is 0 Å². The van der Waals surface area contributed by atoms with Crippen LogP contribution in [-0.4, -0.2) is 39.6 Å². The molecule has 1 saturated heterocycles. The number of nitrogens with zero attached hydrogens (tertiary/aromatic N) is 3. The van der Waals surface area contributed by atoms with E-state index in [4.69, 9.17) is 11.6 Å². The van der Waals surface area contributed by atoms with Crippen molar-refractivity contribution in [2.75, 3.05) is 13.1 Å². The monoisotopic (exact) mass is 407 g/mol. The fraction of sp³-hybridized carbons (Fsp3) is 0.304. The molecule has 1 amide bonds. The molecule has 0 saturated carbocycles. The van der Waals surface area contributed by atoms with Gasteiger partial charge in [-0.15, -0.1) is 0 Å². The Labute approximate surface area is 174 Å². The summed E-state index contributed by atoms with van der Waals surface area (Å²) in [5.74, 6) is -0.483. The minimum absolute atomic E-state index is 0.00488. The predicted molar refractivity (Wildman–Crippen MR) is 113 cm³/mol. The Morgan fingerprint density at radius 2 is 1.90 bits per heavy atom. The van der Waals surface area contributed by atoms with Crippen LogP contribution in [0.15, 0.2) is 54.9 Å². The van der Waals surface area contributed by atoms with E-state index in [2.05, 4.69) is 22.1 Å². The number of amides is 1. The molecule has 148 valence electrons. The molecule has 1 atom stereocenters. The van der Waals surface area contributed by atoms with Crippen LogP contribution in [-0.2, 0) is 16.0 Å². The third kappa shape index (κ3) is 4.46. The quantitative estimate of drug-likeness (QED) is 0.608. The highest BCUT2D eigenvalue weighted by molar-refractivity contribution is 6.36. The van der Waals surface area contributed by atoms with Crippen molar-refractivity contribution in [3.8, 4) is 0 Å². The first-order valence-electron chi connectivity index (χ1n) is 9.88. The van der Waals surface area contributed by atoms with E-state index in [1.165, 1.54) is 17.1 Å². The number of hydrogen-bond acceptors (Lipinski definition) is 4. The number of hydrogen-bond donors (Lipinski definition) is 0. The molecule has 0 bridgehead atoms. The molecule has 4 rings (SSSR count). The maximum Gasteiger partial charge on any atom is 0.290 e. The van der Waals surface area contributed by atoms with Gasteiger partial charge in [0.25, 0.3) is 5.91 Å².